The van der Waals surface area contributed by atoms with Gasteiger partial charge in [-0.2, -0.15) is 17.0 Å². The third-order valence-electron chi connectivity index (χ3n) is 4.04. The van der Waals surface area contributed by atoms with Gasteiger partial charge in [-0.1, -0.05) is 12.8 Å². The standard InChI is InChI=1S/C12H25N3O2S/c1-14(12-7-6-8-13-11-12)18(16,17)15-9-4-2-3-5-10-15/h12-13H,2-11H2,1H3. The third kappa shape index (κ3) is 3.23. The first-order valence-electron chi connectivity index (χ1n) is 7.06. The van der Waals surface area contributed by atoms with Gasteiger partial charge >= 0.3 is 0 Å². The monoisotopic (exact) mass is 275 g/mol. The summed E-state index contributed by atoms with van der Waals surface area (Å²) in [5, 5.41) is 3.28. The summed E-state index contributed by atoms with van der Waals surface area (Å²) in [5.41, 5.74) is 0. The number of likely N-dealkylation sites (N-methyl/N-ethyl adjacent to an activating group) is 1. The molecule has 2 fully saturated rings. The molecule has 106 valence electrons. The van der Waals surface area contributed by atoms with E-state index in [4.69, 9.17) is 0 Å². The lowest BCUT2D eigenvalue weighted by molar-refractivity contribution is 0.275. The molecule has 0 radical (unpaired) electrons. The van der Waals surface area contributed by atoms with Crippen LogP contribution in [0.5, 0.6) is 0 Å². The van der Waals surface area contributed by atoms with E-state index in [1.165, 1.54) is 0 Å². The van der Waals surface area contributed by atoms with E-state index < -0.39 is 10.2 Å². The summed E-state index contributed by atoms with van der Waals surface area (Å²) < 4.78 is 28.4. The molecule has 1 unspecified atom stereocenters. The van der Waals surface area contributed by atoms with E-state index in [9.17, 15) is 8.42 Å². The van der Waals surface area contributed by atoms with Gasteiger partial charge in [-0.15, -0.1) is 0 Å². The van der Waals surface area contributed by atoms with E-state index in [0.717, 1.165) is 51.6 Å². The van der Waals surface area contributed by atoms with E-state index in [1.54, 1.807) is 15.7 Å². The molecule has 2 saturated heterocycles. The second-order valence-electron chi connectivity index (χ2n) is 5.34. The van der Waals surface area contributed by atoms with Crippen molar-refractivity contribution in [1.82, 2.24) is 13.9 Å². The van der Waals surface area contributed by atoms with Crippen LogP contribution in [0.3, 0.4) is 0 Å². The highest BCUT2D eigenvalue weighted by atomic mass is 32.2. The summed E-state index contributed by atoms with van der Waals surface area (Å²) in [4.78, 5) is 0. The van der Waals surface area contributed by atoms with Crippen LogP contribution >= 0.6 is 0 Å². The Balaban J connectivity index is 2.03. The van der Waals surface area contributed by atoms with E-state index >= 15 is 0 Å². The average molecular weight is 275 g/mol. The van der Waals surface area contributed by atoms with Crippen molar-refractivity contribution in [2.24, 2.45) is 0 Å². The minimum Gasteiger partial charge on any atom is -0.315 e. The highest BCUT2D eigenvalue weighted by Crippen LogP contribution is 2.19. The van der Waals surface area contributed by atoms with Crippen LogP contribution in [0.1, 0.15) is 38.5 Å². The van der Waals surface area contributed by atoms with Crippen LogP contribution in [0.15, 0.2) is 0 Å². The van der Waals surface area contributed by atoms with E-state index in [0.29, 0.717) is 13.1 Å². The second kappa shape index (κ2) is 6.32. The second-order valence-corrected chi connectivity index (χ2v) is 7.33. The van der Waals surface area contributed by atoms with Crippen LogP contribution in [-0.4, -0.2) is 56.3 Å². The highest BCUT2D eigenvalue weighted by molar-refractivity contribution is 7.86. The van der Waals surface area contributed by atoms with Crippen molar-refractivity contribution >= 4 is 10.2 Å². The molecule has 18 heavy (non-hydrogen) atoms. The lowest BCUT2D eigenvalue weighted by Gasteiger charge is -2.34. The van der Waals surface area contributed by atoms with Crippen LogP contribution < -0.4 is 5.32 Å². The smallest absolute Gasteiger partial charge is 0.282 e. The average Bonchev–Trinajstić information content (AvgIpc) is 2.68. The minimum atomic E-state index is -3.26. The third-order valence-corrected chi connectivity index (χ3v) is 6.08. The van der Waals surface area contributed by atoms with E-state index in [-0.39, 0.29) is 6.04 Å². The molecule has 0 aromatic heterocycles. The fourth-order valence-electron chi connectivity index (χ4n) is 2.79. The van der Waals surface area contributed by atoms with Gasteiger partial charge in [-0.05, 0) is 32.2 Å². The van der Waals surface area contributed by atoms with Gasteiger partial charge in [0, 0.05) is 32.7 Å². The molecule has 0 aliphatic carbocycles. The highest BCUT2D eigenvalue weighted by Gasteiger charge is 2.32. The Kier molecular flexibility index (Phi) is 5.00. The van der Waals surface area contributed by atoms with Crippen molar-refractivity contribution in [3.63, 3.8) is 0 Å². The quantitative estimate of drug-likeness (QED) is 0.828. The fourth-order valence-corrected chi connectivity index (χ4v) is 4.43. The van der Waals surface area contributed by atoms with Gasteiger partial charge in [0.15, 0.2) is 0 Å². The molecular weight excluding hydrogens is 250 g/mol. The Hall–Kier alpha value is -0.170. The number of hydrogen-bond acceptors (Lipinski definition) is 3. The molecular formula is C12H25N3O2S. The Morgan fingerprint density at radius 1 is 1.11 bits per heavy atom. The van der Waals surface area contributed by atoms with Gasteiger partial charge in [0.25, 0.3) is 10.2 Å². The zero-order valence-electron chi connectivity index (χ0n) is 11.3. The first-order chi connectivity index (χ1) is 8.62. The van der Waals surface area contributed by atoms with Crippen LogP contribution in [0.25, 0.3) is 0 Å². The fraction of sp³-hybridized carbons (Fsp3) is 1.00. The van der Waals surface area contributed by atoms with Crippen LogP contribution in [-0.2, 0) is 10.2 Å². The predicted molar refractivity (Wildman–Crippen MR) is 72.6 cm³/mol. The molecule has 2 aliphatic rings. The molecule has 0 spiro atoms. The van der Waals surface area contributed by atoms with Gasteiger partial charge in [-0.25, -0.2) is 0 Å². The normalized spacial score (nSPS) is 28.2. The summed E-state index contributed by atoms with van der Waals surface area (Å²) >= 11 is 0. The minimum absolute atomic E-state index is 0.118. The van der Waals surface area contributed by atoms with Crippen molar-refractivity contribution in [2.45, 2.75) is 44.6 Å². The van der Waals surface area contributed by atoms with Crippen molar-refractivity contribution < 1.29 is 8.42 Å². The Morgan fingerprint density at radius 2 is 1.78 bits per heavy atom. The maximum absolute atomic E-state index is 12.6. The van der Waals surface area contributed by atoms with Crippen LogP contribution in [0, 0.1) is 0 Å². The number of nitrogens with zero attached hydrogens (tertiary/aromatic N) is 2. The van der Waals surface area contributed by atoms with E-state index in [1.807, 2.05) is 0 Å². The number of piperidine rings is 1. The maximum atomic E-state index is 12.6. The van der Waals surface area contributed by atoms with Crippen molar-refractivity contribution in [2.75, 3.05) is 33.2 Å². The van der Waals surface area contributed by atoms with Crippen LogP contribution in [0.2, 0.25) is 0 Å². The predicted octanol–water partition coefficient (Wildman–Crippen LogP) is 0.791. The zero-order chi connectivity index (χ0) is 13.0. The van der Waals surface area contributed by atoms with Crippen molar-refractivity contribution in [1.29, 1.82) is 0 Å². The van der Waals surface area contributed by atoms with Crippen molar-refractivity contribution in [3.05, 3.63) is 0 Å². The molecule has 1 N–H and O–H groups in total. The molecule has 6 heteroatoms. The molecule has 5 nitrogen and oxygen atoms in total. The lowest BCUT2D eigenvalue weighted by atomic mass is 10.1. The maximum Gasteiger partial charge on any atom is 0.282 e. The van der Waals surface area contributed by atoms with Crippen LogP contribution in [0.4, 0.5) is 0 Å². The SMILES string of the molecule is CN(C1CCCNC1)S(=O)(=O)N1CCCCCC1. The molecule has 0 bridgehead atoms. The summed E-state index contributed by atoms with van der Waals surface area (Å²) in [6.07, 6.45) is 6.33. The number of hydrogen-bond donors (Lipinski definition) is 1. The molecule has 2 heterocycles. The summed E-state index contributed by atoms with van der Waals surface area (Å²) in [6.45, 7) is 3.16. The Morgan fingerprint density at radius 3 is 2.33 bits per heavy atom. The number of rotatable bonds is 3. The number of nitrogens with one attached hydrogen (secondary N) is 1. The summed E-state index contributed by atoms with van der Waals surface area (Å²) in [7, 11) is -1.52. The topological polar surface area (TPSA) is 52.7 Å². The largest absolute Gasteiger partial charge is 0.315 e. The van der Waals surface area contributed by atoms with Gasteiger partial charge in [-0.3, -0.25) is 0 Å². The summed E-state index contributed by atoms with van der Waals surface area (Å²) in [6, 6.07) is 0.118. The van der Waals surface area contributed by atoms with Gasteiger partial charge in [0.1, 0.15) is 0 Å². The van der Waals surface area contributed by atoms with Gasteiger partial charge in [0.05, 0.1) is 0 Å². The lowest BCUT2D eigenvalue weighted by Crippen LogP contribution is -2.51. The molecule has 2 aliphatic heterocycles. The molecule has 0 aromatic rings. The van der Waals surface area contributed by atoms with E-state index in [2.05, 4.69) is 5.32 Å². The van der Waals surface area contributed by atoms with Crippen molar-refractivity contribution in [3.8, 4) is 0 Å². The zero-order valence-corrected chi connectivity index (χ0v) is 12.1. The molecule has 0 aromatic carbocycles. The first kappa shape index (κ1) is 14.2. The summed E-state index contributed by atoms with van der Waals surface area (Å²) in [5.74, 6) is 0. The van der Waals surface area contributed by atoms with Gasteiger partial charge in [0.2, 0.25) is 0 Å². The molecule has 0 amide bonds. The Labute approximate surface area is 111 Å². The molecule has 2 rings (SSSR count). The van der Waals surface area contributed by atoms with Gasteiger partial charge < -0.3 is 5.32 Å². The molecule has 1 atom stereocenters. The first-order valence-corrected chi connectivity index (χ1v) is 8.46. The molecule has 0 saturated carbocycles. The Bertz CT molecular complexity index is 344.